The van der Waals surface area contributed by atoms with Gasteiger partial charge >= 0.3 is 0 Å². The van der Waals surface area contributed by atoms with Crippen LogP contribution in [0.15, 0.2) is 29.1 Å². The molecule has 96 valence electrons. The van der Waals surface area contributed by atoms with Crippen molar-refractivity contribution in [2.75, 3.05) is 0 Å². The van der Waals surface area contributed by atoms with E-state index in [9.17, 15) is 4.79 Å². The topological polar surface area (TPSA) is 37.8 Å². The minimum atomic E-state index is 0.0601. The van der Waals surface area contributed by atoms with Crippen LogP contribution in [0, 0.1) is 6.92 Å². The minimum Gasteiger partial charge on any atom is -0.299 e. The number of aryl methyl sites for hydroxylation is 3. The highest BCUT2D eigenvalue weighted by atomic mass is 16.1. The maximum atomic E-state index is 12.2. The molecule has 1 N–H and O–H groups in total. The molecule has 3 nitrogen and oxygen atoms in total. The molecule has 0 fully saturated rings. The third-order valence-corrected chi connectivity index (χ3v) is 3.24. The van der Waals surface area contributed by atoms with E-state index in [4.69, 9.17) is 0 Å². The average molecular weight is 244 g/mol. The van der Waals surface area contributed by atoms with Crippen molar-refractivity contribution in [3.05, 3.63) is 45.9 Å². The van der Waals surface area contributed by atoms with Gasteiger partial charge in [0.25, 0.3) is 5.56 Å². The lowest BCUT2D eigenvalue weighted by Gasteiger charge is -2.02. The first-order valence-electron chi connectivity index (χ1n) is 6.48. The maximum Gasteiger partial charge on any atom is 0.274 e. The molecule has 0 saturated heterocycles. The molecule has 0 atom stereocenters. The van der Waals surface area contributed by atoms with Crippen molar-refractivity contribution in [1.82, 2.24) is 9.78 Å². The second kappa shape index (κ2) is 5.25. The number of benzene rings is 1. The van der Waals surface area contributed by atoms with Gasteiger partial charge in [0.1, 0.15) is 0 Å². The Kier molecular flexibility index (Phi) is 3.70. The monoisotopic (exact) mass is 244 g/mol. The van der Waals surface area contributed by atoms with E-state index in [0.717, 1.165) is 36.1 Å². The number of aromatic nitrogens is 2. The van der Waals surface area contributed by atoms with Crippen molar-refractivity contribution in [1.29, 1.82) is 0 Å². The van der Waals surface area contributed by atoms with Crippen LogP contribution in [0.25, 0.3) is 11.1 Å². The van der Waals surface area contributed by atoms with Crippen LogP contribution in [-0.4, -0.2) is 9.78 Å². The zero-order chi connectivity index (χ0) is 13.1. The summed E-state index contributed by atoms with van der Waals surface area (Å²) in [6.45, 7) is 4.21. The van der Waals surface area contributed by atoms with E-state index in [1.165, 1.54) is 5.56 Å². The minimum absolute atomic E-state index is 0.0601. The first kappa shape index (κ1) is 12.7. The van der Waals surface area contributed by atoms with Crippen LogP contribution in [0.4, 0.5) is 0 Å². The van der Waals surface area contributed by atoms with Crippen LogP contribution in [0.3, 0.4) is 0 Å². The fourth-order valence-corrected chi connectivity index (χ4v) is 2.16. The summed E-state index contributed by atoms with van der Waals surface area (Å²) < 4.78 is 1.57. The molecule has 0 amide bonds. The normalized spacial score (nSPS) is 10.8. The van der Waals surface area contributed by atoms with Crippen molar-refractivity contribution >= 4 is 0 Å². The molecule has 18 heavy (non-hydrogen) atoms. The molecule has 2 rings (SSSR count). The first-order chi connectivity index (χ1) is 8.63. The molecule has 0 aliphatic rings. The third kappa shape index (κ3) is 2.40. The lowest BCUT2D eigenvalue weighted by atomic mass is 10.0. The zero-order valence-electron chi connectivity index (χ0n) is 11.3. The SMILES string of the molecule is CCCCc1[nH]n(C)c(=O)c1-c1ccc(C)cc1. The number of rotatable bonds is 4. The summed E-state index contributed by atoms with van der Waals surface area (Å²) in [6.07, 6.45) is 3.15. The molecule has 0 spiro atoms. The van der Waals surface area contributed by atoms with Gasteiger partial charge in [0.15, 0.2) is 0 Å². The predicted octanol–water partition coefficient (Wildman–Crippen LogP) is 3.03. The van der Waals surface area contributed by atoms with Gasteiger partial charge in [-0.05, 0) is 25.3 Å². The van der Waals surface area contributed by atoms with Crippen molar-refractivity contribution in [3.63, 3.8) is 0 Å². The van der Waals surface area contributed by atoms with Crippen LogP contribution in [0.1, 0.15) is 31.0 Å². The van der Waals surface area contributed by atoms with Gasteiger partial charge in [0.05, 0.1) is 5.56 Å². The van der Waals surface area contributed by atoms with Gasteiger partial charge in [-0.15, -0.1) is 0 Å². The van der Waals surface area contributed by atoms with E-state index in [-0.39, 0.29) is 5.56 Å². The summed E-state index contributed by atoms with van der Waals surface area (Å²) in [4.78, 5) is 12.2. The second-order valence-corrected chi connectivity index (χ2v) is 4.80. The molecule has 0 aliphatic heterocycles. The van der Waals surface area contributed by atoms with Crippen LogP contribution < -0.4 is 5.56 Å². The van der Waals surface area contributed by atoms with E-state index < -0.39 is 0 Å². The molecular weight excluding hydrogens is 224 g/mol. The Bertz CT molecular complexity index is 576. The zero-order valence-corrected chi connectivity index (χ0v) is 11.3. The molecule has 1 aromatic heterocycles. The summed E-state index contributed by atoms with van der Waals surface area (Å²) in [5.41, 5.74) is 4.15. The molecule has 1 aromatic carbocycles. The number of hydrogen-bond donors (Lipinski definition) is 1. The quantitative estimate of drug-likeness (QED) is 0.882. The molecule has 0 radical (unpaired) electrons. The summed E-state index contributed by atoms with van der Waals surface area (Å²) in [6, 6.07) is 8.14. The molecular formula is C15H20N2O. The van der Waals surface area contributed by atoms with Gasteiger partial charge in [-0.1, -0.05) is 43.2 Å². The Balaban J connectivity index is 2.48. The van der Waals surface area contributed by atoms with Crippen molar-refractivity contribution in [2.24, 2.45) is 7.05 Å². The van der Waals surface area contributed by atoms with E-state index in [1.54, 1.807) is 11.7 Å². The molecule has 0 bridgehead atoms. The van der Waals surface area contributed by atoms with Crippen LogP contribution in [0.2, 0.25) is 0 Å². The highest BCUT2D eigenvalue weighted by molar-refractivity contribution is 5.65. The highest BCUT2D eigenvalue weighted by Crippen LogP contribution is 2.20. The van der Waals surface area contributed by atoms with Gasteiger partial charge in [-0.2, -0.15) is 0 Å². The molecule has 0 aliphatic carbocycles. The van der Waals surface area contributed by atoms with Gasteiger partial charge in [0, 0.05) is 12.7 Å². The Hall–Kier alpha value is -1.77. The fraction of sp³-hybridized carbons (Fsp3) is 0.400. The van der Waals surface area contributed by atoms with Gasteiger partial charge < -0.3 is 0 Å². The highest BCUT2D eigenvalue weighted by Gasteiger charge is 2.13. The van der Waals surface area contributed by atoms with E-state index in [1.807, 2.05) is 24.3 Å². The van der Waals surface area contributed by atoms with Crippen molar-refractivity contribution < 1.29 is 0 Å². The lowest BCUT2D eigenvalue weighted by Crippen LogP contribution is -2.13. The molecule has 0 saturated carbocycles. The van der Waals surface area contributed by atoms with Crippen LogP contribution in [-0.2, 0) is 13.5 Å². The first-order valence-corrected chi connectivity index (χ1v) is 6.48. The Morgan fingerprint density at radius 3 is 2.50 bits per heavy atom. The van der Waals surface area contributed by atoms with Crippen molar-refractivity contribution in [3.8, 4) is 11.1 Å². The Labute approximate surface area is 107 Å². The second-order valence-electron chi connectivity index (χ2n) is 4.80. The third-order valence-electron chi connectivity index (χ3n) is 3.24. The molecule has 1 heterocycles. The molecule has 0 unspecified atom stereocenters. The van der Waals surface area contributed by atoms with E-state index >= 15 is 0 Å². The molecule has 3 heteroatoms. The molecule has 2 aromatic rings. The number of nitrogens with zero attached hydrogens (tertiary/aromatic N) is 1. The predicted molar refractivity (Wildman–Crippen MR) is 74.8 cm³/mol. The largest absolute Gasteiger partial charge is 0.299 e. The number of H-pyrrole nitrogens is 1. The summed E-state index contributed by atoms with van der Waals surface area (Å²) in [5, 5.41) is 3.17. The van der Waals surface area contributed by atoms with E-state index in [0.29, 0.717) is 0 Å². The smallest absolute Gasteiger partial charge is 0.274 e. The summed E-state index contributed by atoms with van der Waals surface area (Å²) >= 11 is 0. The van der Waals surface area contributed by atoms with Gasteiger partial charge in [0.2, 0.25) is 0 Å². The number of aromatic amines is 1. The van der Waals surface area contributed by atoms with E-state index in [2.05, 4.69) is 18.9 Å². The van der Waals surface area contributed by atoms with Crippen molar-refractivity contribution in [2.45, 2.75) is 33.1 Å². The number of nitrogens with one attached hydrogen (secondary N) is 1. The Morgan fingerprint density at radius 1 is 1.22 bits per heavy atom. The lowest BCUT2D eigenvalue weighted by molar-refractivity contribution is 0.699. The van der Waals surface area contributed by atoms with Crippen LogP contribution >= 0.6 is 0 Å². The maximum absolute atomic E-state index is 12.2. The number of hydrogen-bond acceptors (Lipinski definition) is 1. The summed E-state index contributed by atoms with van der Waals surface area (Å²) in [5.74, 6) is 0. The van der Waals surface area contributed by atoms with Gasteiger partial charge in [-0.3, -0.25) is 14.6 Å². The fourth-order valence-electron chi connectivity index (χ4n) is 2.16. The van der Waals surface area contributed by atoms with Crippen LogP contribution in [0.5, 0.6) is 0 Å². The van der Waals surface area contributed by atoms with Gasteiger partial charge in [-0.25, -0.2) is 0 Å². The summed E-state index contributed by atoms with van der Waals surface area (Å²) in [7, 11) is 1.77. The Morgan fingerprint density at radius 2 is 1.89 bits per heavy atom. The average Bonchev–Trinajstić information content (AvgIpc) is 2.64. The number of unbranched alkanes of at least 4 members (excludes halogenated alkanes) is 1. The standard InChI is InChI=1S/C15H20N2O/c1-4-5-6-13-14(15(18)17(3)16-13)12-9-7-11(2)8-10-12/h7-10,16H,4-6H2,1-3H3.